The van der Waals surface area contributed by atoms with E-state index in [2.05, 4.69) is 27.4 Å². The van der Waals surface area contributed by atoms with E-state index in [1.807, 2.05) is 18.2 Å². The first kappa shape index (κ1) is 25.7. The van der Waals surface area contributed by atoms with Crippen molar-refractivity contribution < 1.29 is 17.9 Å². The SMILES string of the molecule is C[C@H]1COCCN1c1cc(C2(S(=O)(=O)c3ccccn3)CCC2)nc(-c2ccc(NC(=O)NC3CC3)cc2)n1. The molecule has 10 nitrogen and oxygen atoms in total. The van der Waals surface area contributed by atoms with Crippen molar-refractivity contribution in [1.82, 2.24) is 20.3 Å². The van der Waals surface area contributed by atoms with Crippen LogP contribution in [0.4, 0.5) is 16.3 Å². The molecule has 3 heterocycles. The lowest BCUT2D eigenvalue weighted by Crippen LogP contribution is -2.46. The van der Waals surface area contributed by atoms with Crippen LogP contribution in [-0.2, 0) is 19.3 Å². The van der Waals surface area contributed by atoms with Crippen molar-refractivity contribution in [2.75, 3.05) is 30.0 Å². The van der Waals surface area contributed by atoms with Crippen LogP contribution < -0.4 is 15.5 Å². The first-order chi connectivity index (χ1) is 18.9. The van der Waals surface area contributed by atoms with Crippen molar-refractivity contribution in [3.8, 4) is 11.4 Å². The smallest absolute Gasteiger partial charge is 0.319 e. The number of rotatable bonds is 7. The molecule has 2 aromatic heterocycles. The van der Waals surface area contributed by atoms with Gasteiger partial charge in [0.25, 0.3) is 0 Å². The number of carbonyl (C=O) groups is 1. The highest BCUT2D eigenvalue weighted by Crippen LogP contribution is 2.50. The Hall–Kier alpha value is -3.57. The minimum atomic E-state index is -3.80. The maximum Gasteiger partial charge on any atom is 0.319 e. The number of aromatic nitrogens is 3. The van der Waals surface area contributed by atoms with Crippen LogP contribution >= 0.6 is 0 Å². The van der Waals surface area contributed by atoms with E-state index >= 15 is 0 Å². The molecule has 204 valence electrons. The summed E-state index contributed by atoms with van der Waals surface area (Å²) >= 11 is 0. The molecule has 39 heavy (non-hydrogen) atoms. The van der Waals surface area contributed by atoms with Crippen LogP contribution in [0.15, 0.2) is 59.8 Å². The minimum Gasteiger partial charge on any atom is -0.377 e. The second kappa shape index (κ2) is 10.2. The van der Waals surface area contributed by atoms with Gasteiger partial charge in [0.05, 0.1) is 24.9 Å². The van der Waals surface area contributed by atoms with E-state index in [-0.39, 0.29) is 23.1 Å². The first-order valence-electron chi connectivity index (χ1n) is 13.4. The first-order valence-corrected chi connectivity index (χ1v) is 14.9. The van der Waals surface area contributed by atoms with Gasteiger partial charge in [0.2, 0.25) is 9.84 Å². The minimum absolute atomic E-state index is 0.0612. The van der Waals surface area contributed by atoms with Gasteiger partial charge in [-0.15, -0.1) is 0 Å². The fourth-order valence-corrected chi connectivity index (χ4v) is 7.22. The number of hydrogen-bond acceptors (Lipinski definition) is 8. The third-order valence-electron chi connectivity index (χ3n) is 7.74. The number of pyridine rings is 1. The Morgan fingerprint density at radius 2 is 1.90 bits per heavy atom. The van der Waals surface area contributed by atoms with Crippen LogP contribution in [0.3, 0.4) is 0 Å². The van der Waals surface area contributed by atoms with Crippen molar-refractivity contribution >= 4 is 27.4 Å². The van der Waals surface area contributed by atoms with E-state index in [9.17, 15) is 13.2 Å². The molecule has 1 aromatic carbocycles. The Morgan fingerprint density at radius 3 is 2.54 bits per heavy atom. The van der Waals surface area contributed by atoms with Crippen molar-refractivity contribution in [3.63, 3.8) is 0 Å². The number of amides is 2. The van der Waals surface area contributed by atoms with Crippen LogP contribution in [0, 0.1) is 0 Å². The zero-order valence-corrected chi connectivity index (χ0v) is 22.7. The van der Waals surface area contributed by atoms with Gasteiger partial charge in [0, 0.05) is 36.1 Å². The zero-order valence-electron chi connectivity index (χ0n) is 21.8. The lowest BCUT2D eigenvalue weighted by atomic mass is 9.81. The summed E-state index contributed by atoms with van der Waals surface area (Å²) in [7, 11) is -3.80. The molecule has 2 amide bonds. The fraction of sp³-hybridized carbons (Fsp3) is 0.429. The lowest BCUT2D eigenvalue weighted by Gasteiger charge is -2.41. The molecule has 1 atom stereocenters. The van der Waals surface area contributed by atoms with Gasteiger partial charge >= 0.3 is 6.03 Å². The van der Waals surface area contributed by atoms with Gasteiger partial charge in [-0.3, -0.25) is 0 Å². The molecule has 3 aliphatic rings. The van der Waals surface area contributed by atoms with E-state index in [0.29, 0.717) is 55.6 Å². The molecule has 2 N–H and O–H groups in total. The molecule has 0 bridgehead atoms. The third-order valence-corrected chi connectivity index (χ3v) is 10.2. The highest BCUT2D eigenvalue weighted by atomic mass is 32.2. The highest BCUT2D eigenvalue weighted by Gasteiger charge is 2.53. The Balaban J connectivity index is 1.39. The third kappa shape index (κ3) is 4.96. The van der Waals surface area contributed by atoms with E-state index < -0.39 is 14.6 Å². The molecule has 6 rings (SSSR count). The second-order valence-electron chi connectivity index (χ2n) is 10.5. The van der Waals surface area contributed by atoms with E-state index in [4.69, 9.17) is 14.7 Å². The van der Waals surface area contributed by atoms with Crippen LogP contribution in [0.5, 0.6) is 0 Å². The number of morpholine rings is 1. The second-order valence-corrected chi connectivity index (χ2v) is 12.7. The summed E-state index contributed by atoms with van der Waals surface area (Å²) in [5.41, 5.74) is 1.88. The molecule has 11 heteroatoms. The molecule has 0 radical (unpaired) electrons. The number of nitrogens with one attached hydrogen (secondary N) is 2. The molecule has 0 unspecified atom stereocenters. The van der Waals surface area contributed by atoms with Gasteiger partial charge in [-0.25, -0.2) is 28.2 Å². The summed E-state index contributed by atoms with van der Waals surface area (Å²) in [5, 5.41) is 5.82. The summed E-state index contributed by atoms with van der Waals surface area (Å²) in [5.74, 6) is 1.12. The number of sulfone groups is 1. The van der Waals surface area contributed by atoms with Gasteiger partial charge in [-0.2, -0.15) is 0 Å². The molecule has 0 spiro atoms. The average Bonchev–Trinajstić information content (AvgIpc) is 3.73. The number of carbonyl (C=O) groups excluding carboxylic acids is 1. The van der Waals surface area contributed by atoms with Gasteiger partial charge in [0.1, 0.15) is 10.6 Å². The molecule has 3 fully saturated rings. The largest absolute Gasteiger partial charge is 0.377 e. The maximum atomic E-state index is 14.0. The summed E-state index contributed by atoms with van der Waals surface area (Å²) in [6.45, 7) is 3.85. The van der Waals surface area contributed by atoms with E-state index in [1.165, 1.54) is 6.20 Å². The van der Waals surface area contributed by atoms with Crippen LogP contribution in [0.25, 0.3) is 11.4 Å². The molecule has 1 saturated heterocycles. The van der Waals surface area contributed by atoms with Crippen molar-refractivity contribution in [2.24, 2.45) is 0 Å². The van der Waals surface area contributed by atoms with Crippen molar-refractivity contribution in [2.45, 2.75) is 60.9 Å². The maximum absolute atomic E-state index is 14.0. The fourth-order valence-electron chi connectivity index (χ4n) is 5.16. The number of urea groups is 1. The zero-order chi connectivity index (χ0) is 27.0. The van der Waals surface area contributed by atoms with E-state index in [0.717, 1.165) is 24.8 Å². The van der Waals surface area contributed by atoms with Crippen LogP contribution in [-0.4, -0.2) is 61.2 Å². The average molecular weight is 549 g/mol. The Labute approximate surface area is 228 Å². The number of ether oxygens (including phenoxy) is 1. The van der Waals surface area contributed by atoms with E-state index in [1.54, 1.807) is 30.3 Å². The normalized spacial score (nSPS) is 20.6. The van der Waals surface area contributed by atoms with Crippen molar-refractivity contribution in [3.05, 3.63) is 60.4 Å². The number of nitrogens with zero attached hydrogens (tertiary/aromatic N) is 4. The summed E-state index contributed by atoms with van der Waals surface area (Å²) in [4.78, 5) is 28.2. The van der Waals surface area contributed by atoms with Gasteiger partial charge in [-0.1, -0.05) is 6.07 Å². The Kier molecular flexibility index (Phi) is 6.72. The monoisotopic (exact) mass is 548 g/mol. The summed E-state index contributed by atoms with van der Waals surface area (Å²) in [6, 6.07) is 14.2. The summed E-state index contributed by atoms with van der Waals surface area (Å²) in [6.07, 6.45) is 5.27. The topological polar surface area (TPSA) is 126 Å². The Morgan fingerprint density at radius 1 is 1.10 bits per heavy atom. The Bertz CT molecular complexity index is 1460. The summed E-state index contributed by atoms with van der Waals surface area (Å²) < 4.78 is 32.4. The van der Waals surface area contributed by atoms with Gasteiger partial charge in [-0.05, 0) is 75.4 Å². The molecule has 2 saturated carbocycles. The molecular weight excluding hydrogens is 516 g/mol. The number of benzene rings is 1. The van der Waals surface area contributed by atoms with Crippen molar-refractivity contribution in [1.29, 1.82) is 0 Å². The lowest BCUT2D eigenvalue weighted by molar-refractivity contribution is 0.0985. The quantitative estimate of drug-likeness (QED) is 0.455. The number of anilines is 2. The molecular formula is C28H32N6O4S. The molecule has 3 aromatic rings. The predicted molar refractivity (Wildman–Crippen MR) is 147 cm³/mol. The highest BCUT2D eigenvalue weighted by molar-refractivity contribution is 7.92. The predicted octanol–water partition coefficient (Wildman–Crippen LogP) is 3.90. The van der Waals surface area contributed by atoms with Crippen LogP contribution in [0.2, 0.25) is 0 Å². The standard InChI is InChI=1S/C28H32N6O4S/c1-19-18-38-16-15-34(19)24-17-23(28(12-4-13-28)39(36,37)25-5-2-3-14-29-25)32-26(33-24)20-6-8-21(9-7-20)30-27(35)31-22-10-11-22/h2-3,5-9,14,17,19,22H,4,10-13,15-16,18H2,1H3,(H2,30,31,35)/t19-/m0/s1. The van der Waals surface area contributed by atoms with Crippen LogP contribution in [0.1, 0.15) is 44.7 Å². The molecule has 1 aliphatic heterocycles. The van der Waals surface area contributed by atoms with Gasteiger partial charge in [0.15, 0.2) is 10.9 Å². The van der Waals surface area contributed by atoms with Gasteiger partial charge < -0.3 is 20.3 Å². The molecule has 2 aliphatic carbocycles. The number of hydrogen-bond donors (Lipinski definition) is 2.